The largest absolute Gasteiger partial charge is 0.481 e. The molecule has 0 unspecified atom stereocenters. The molecule has 2 rings (SSSR count). The van der Waals surface area contributed by atoms with Crippen molar-refractivity contribution in [1.29, 1.82) is 0 Å². The molecule has 0 amide bonds. The van der Waals surface area contributed by atoms with Crippen LogP contribution in [0.5, 0.6) is 0 Å². The molecule has 4 nitrogen and oxygen atoms in total. The molecule has 0 aliphatic carbocycles. The Hall–Kier alpha value is -1.34. The maximum absolute atomic E-state index is 14.0. The lowest BCUT2D eigenvalue weighted by molar-refractivity contribution is -0.133. The zero-order valence-electron chi connectivity index (χ0n) is 9.93. The van der Waals surface area contributed by atoms with Crippen LogP contribution < -0.4 is 0 Å². The summed E-state index contributed by atoms with van der Waals surface area (Å²) in [6.07, 6.45) is 1.59. The minimum absolute atomic E-state index is 0.122. The van der Waals surface area contributed by atoms with Crippen molar-refractivity contribution in [1.82, 2.24) is 9.55 Å². The molecular weight excluding hydrogens is 335 g/mol. The Morgan fingerprint density at radius 2 is 2.32 bits per heavy atom. The van der Waals surface area contributed by atoms with Crippen LogP contribution in [0.15, 0.2) is 34.0 Å². The molecule has 2 aromatic rings. The summed E-state index contributed by atoms with van der Waals surface area (Å²) < 4.78 is 16.2. The van der Waals surface area contributed by atoms with Crippen LogP contribution in [0, 0.1) is 12.7 Å². The summed E-state index contributed by atoms with van der Waals surface area (Å²) in [7, 11) is 0. The van der Waals surface area contributed by atoms with Crippen molar-refractivity contribution in [3.8, 4) is 5.69 Å². The van der Waals surface area contributed by atoms with Crippen LogP contribution in [0.25, 0.3) is 5.69 Å². The standard InChI is InChI=1S/C12H10BrFN2O2S/c1-7-5-15-12(19-6-10(17)18)16(7)11-8(13)3-2-4-9(11)14/h2-5H,6H2,1H3,(H,17,18). The lowest BCUT2D eigenvalue weighted by atomic mass is 10.3. The molecule has 0 saturated heterocycles. The average molecular weight is 345 g/mol. The van der Waals surface area contributed by atoms with Crippen LogP contribution in [0.2, 0.25) is 0 Å². The van der Waals surface area contributed by atoms with Gasteiger partial charge in [-0.3, -0.25) is 9.36 Å². The molecule has 1 N–H and O–H groups in total. The summed E-state index contributed by atoms with van der Waals surface area (Å²) in [4.78, 5) is 14.7. The number of aryl methyl sites for hydroxylation is 1. The minimum atomic E-state index is -0.940. The molecule has 0 spiro atoms. The normalized spacial score (nSPS) is 10.7. The quantitative estimate of drug-likeness (QED) is 0.865. The number of hydrogen-bond donors (Lipinski definition) is 1. The maximum Gasteiger partial charge on any atom is 0.313 e. The number of imidazole rings is 1. The SMILES string of the molecule is Cc1cnc(SCC(=O)O)n1-c1c(F)cccc1Br. The molecule has 0 saturated carbocycles. The van der Waals surface area contributed by atoms with Gasteiger partial charge in [0, 0.05) is 16.4 Å². The number of halogens is 2. The van der Waals surface area contributed by atoms with E-state index in [2.05, 4.69) is 20.9 Å². The number of aliphatic carboxylic acids is 1. The second-order valence-corrected chi connectivity index (χ2v) is 5.57. The fourth-order valence-corrected chi connectivity index (χ4v) is 2.88. The number of hydrogen-bond acceptors (Lipinski definition) is 3. The fraction of sp³-hybridized carbons (Fsp3) is 0.167. The number of aromatic nitrogens is 2. The van der Waals surface area contributed by atoms with Gasteiger partial charge in [0.25, 0.3) is 0 Å². The number of para-hydroxylation sites is 1. The van der Waals surface area contributed by atoms with Gasteiger partial charge in [-0.05, 0) is 35.0 Å². The smallest absolute Gasteiger partial charge is 0.313 e. The first-order valence-electron chi connectivity index (χ1n) is 5.34. The summed E-state index contributed by atoms with van der Waals surface area (Å²) in [5.41, 5.74) is 1.07. The third-order valence-electron chi connectivity index (χ3n) is 2.39. The van der Waals surface area contributed by atoms with Gasteiger partial charge in [0.1, 0.15) is 5.82 Å². The van der Waals surface area contributed by atoms with Crippen molar-refractivity contribution in [3.05, 3.63) is 40.4 Å². The molecule has 0 atom stereocenters. The molecule has 0 radical (unpaired) electrons. The summed E-state index contributed by atoms with van der Waals surface area (Å²) >= 11 is 4.36. The molecule has 0 fully saturated rings. The Labute approximate surface area is 121 Å². The van der Waals surface area contributed by atoms with Crippen LogP contribution in [0.1, 0.15) is 5.69 Å². The monoisotopic (exact) mass is 344 g/mol. The van der Waals surface area contributed by atoms with Crippen molar-refractivity contribution in [2.75, 3.05) is 5.75 Å². The van der Waals surface area contributed by atoms with E-state index in [1.165, 1.54) is 6.07 Å². The zero-order chi connectivity index (χ0) is 14.0. The zero-order valence-corrected chi connectivity index (χ0v) is 12.3. The highest BCUT2D eigenvalue weighted by atomic mass is 79.9. The minimum Gasteiger partial charge on any atom is -0.481 e. The van der Waals surface area contributed by atoms with Crippen LogP contribution in [-0.4, -0.2) is 26.4 Å². The third kappa shape index (κ3) is 2.98. The Bertz CT molecular complexity index is 610. The fourth-order valence-electron chi connectivity index (χ4n) is 1.62. The highest BCUT2D eigenvalue weighted by Crippen LogP contribution is 2.30. The Morgan fingerprint density at radius 3 is 2.95 bits per heavy atom. The predicted octanol–water partition coefficient (Wildman–Crippen LogP) is 3.26. The van der Waals surface area contributed by atoms with E-state index in [4.69, 9.17) is 5.11 Å². The van der Waals surface area contributed by atoms with Gasteiger partial charge in [0.05, 0.1) is 11.4 Å². The lowest BCUT2D eigenvalue weighted by Crippen LogP contribution is -2.05. The average Bonchev–Trinajstić information content (AvgIpc) is 2.69. The summed E-state index contributed by atoms with van der Waals surface area (Å²) in [5, 5.41) is 9.16. The first kappa shape index (κ1) is 14.1. The molecule has 1 aromatic heterocycles. The Kier molecular flexibility index (Phi) is 4.26. The van der Waals surface area contributed by atoms with E-state index in [0.717, 1.165) is 17.5 Å². The molecule has 19 heavy (non-hydrogen) atoms. The van der Waals surface area contributed by atoms with Gasteiger partial charge < -0.3 is 5.11 Å². The van der Waals surface area contributed by atoms with E-state index >= 15 is 0 Å². The van der Waals surface area contributed by atoms with Crippen LogP contribution >= 0.6 is 27.7 Å². The van der Waals surface area contributed by atoms with Crippen LogP contribution in [-0.2, 0) is 4.79 Å². The van der Waals surface area contributed by atoms with Gasteiger partial charge in [0.15, 0.2) is 5.16 Å². The van der Waals surface area contributed by atoms with E-state index in [-0.39, 0.29) is 5.75 Å². The maximum atomic E-state index is 14.0. The van der Waals surface area contributed by atoms with E-state index in [0.29, 0.717) is 15.3 Å². The number of carboxylic acids is 1. The number of carboxylic acid groups (broad SMARTS) is 1. The number of thioether (sulfide) groups is 1. The molecule has 1 aromatic carbocycles. The summed E-state index contributed by atoms with van der Waals surface area (Å²) in [6, 6.07) is 4.67. The molecule has 7 heteroatoms. The molecule has 100 valence electrons. The van der Waals surface area contributed by atoms with Crippen molar-refractivity contribution < 1.29 is 14.3 Å². The van der Waals surface area contributed by atoms with Crippen LogP contribution in [0.3, 0.4) is 0 Å². The Morgan fingerprint density at radius 1 is 1.58 bits per heavy atom. The number of benzene rings is 1. The van der Waals surface area contributed by atoms with E-state index in [1.807, 2.05) is 0 Å². The molecule has 0 bridgehead atoms. The van der Waals surface area contributed by atoms with Gasteiger partial charge in [-0.2, -0.15) is 0 Å². The third-order valence-corrected chi connectivity index (χ3v) is 3.97. The summed E-state index contributed by atoms with van der Waals surface area (Å²) in [5.74, 6) is -1.46. The van der Waals surface area contributed by atoms with Crippen molar-refractivity contribution in [2.24, 2.45) is 0 Å². The topological polar surface area (TPSA) is 55.1 Å². The van der Waals surface area contributed by atoms with Gasteiger partial charge in [0.2, 0.25) is 0 Å². The van der Waals surface area contributed by atoms with Crippen LogP contribution in [0.4, 0.5) is 4.39 Å². The lowest BCUT2D eigenvalue weighted by Gasteiger charge is -2.12. The molecule has 0 aliphatic rings. The van der Waals surface area contributed by atoms with E-state index in [1.54, 1.807) is 29.8 Å². The van der Waals surface area contributed by atoms with Gasteiger partial charge in [-0.1, -0.05) is 17.8 Å². The number of nitrogens with zero attached hydrogens (tertiary/aromatic N) is 2. The molecule has 1 heterocycles. The predicted molar refractivity (Wildman–Crippen MR) is 74.3 cm³/mol. The second kappa shape index (κ2) is 5.75. The highest BCUT2D eigenvalue weighted by Gasteiger charge is 2.16. The number of carbonyl (C=O) groups is 1. The van der Waals surface area contributed by atoms with Gasteiger partial charge >= 0.3 is 5.97 Å². The first-order valence-corrected chi connectivity index (χ1v) is 7.12. The van der Waals surface area contributed by atoms with Crippen molar-refractivity contribution in [3.63, 3.8) is 0 Å². The van der Waals surface area contributed by atoms with Gasteiger partial charge in [-0.25, -0.2) is 9.37 Å². The van der Waals surface area contributed by atoms with Crippen molar-refractivity contribution >= 4 is 33.7 Å². The van der Waals surface area contributed by atoms with E-state index < -0.39 is 11.8 Å². The number of rotatable bonds is 4. The Balaban J connectivity index is 2.49. The second-order valence-electron chi connectivity index (χ2n) is 3.77. The van der Waals surface area contributed by atoms with E-state index in [9.17, 15) is 9.18 Å². The van der Waals surface area contributed by atoms with Gasteiger partial charge in [-0.15, -0.1) is 0 Å². The van der Waals surface area contributed by atoms with Crippen molar-refractivity contribution in [2.45, 2.75) is 12.1 Å². The molecule has 0 aliphatic heterocycles. The highest BCUT2D eigenvalue weighted by molar-refractivity contribution is 9.10. The first-order chi connectivity index (χ1) is 9.00. The molecular formula is C12H10BrFN2O2S. The summed E-state index contributed by atoms with van der Waals surface area (Å²) in [6.45, 7) is 1.79.